The standard InChI is InChI=1S/C14H22ClN3O/c1-3-11-16-12(15)10(2)13(17-11)18-14(9-19)7-5-4-6-8-14/h19H,3-9H2,1-2H3,(H,16,17,18). The molecular formula is C14H22ClN3O. The number of rotatable bonds is 4. The van der Waals surface area contributed by atoms with E-state index in [4.69, 9.17) is 11.6 Å². The largest absolute Gasteiger partial charge is 0.394 e. The normalized spacial score (nSPS) is 18.3. The molecule has 1 heterocycles. The van der Waals surface area contributed by atoms with Crippen LogP contribution in [0, 0.1) is 6.92 Å². The predicted octanol–water partition coefficient (Wildman–Crippen LogP) is 3.11. The summed E-state index contributed by atoms with van der Waals surface area (Å²) < 4.78 is 0. The fourth-order valence-corrected chi connectivity index (χ4v) is 2.80. The molecule has 1 saturated carbocycles. The highest BCUT2D eigenvalue weighted by atomic mass is 35.5. The summed E-state index contributed by atoms with van der Waals surface area (Å²) >= 11 is 6.15. The molecule has 0 spiro atoms. The molecule has 0 atom stereocenters. The molecule has 1 aliphatic carbocycles. The van der Waals surface area contributed by atoms with Gasteiger partial charge in [0.1, 0.15) is 16.8 Å². The van der Waals surface area contributed by atoms with E-state index < -0.39 is 0 Å². The lowest BCUT2D eigenvalue weighted by molar-refractivity contribution is 0.172. The molecule has 0 unspecified atom stereocenters. The van der Waals surface area contributed by atoms with Gasteiger partial charge < -0.3 is 10.4 Å². The van der Waals surface area contributed by atoms with Gasteiger partial charge in [-0.3, -0.25) is 0 Å². The Hall–Kier alpha value is -0.870. The van der Waals surface area contributed by atoms with Crippen molar-refractivity contribution in [1.82, 2.24) is 9.97 Å². The summed E-state index contributed by atoms with van der Waals surface area (Å²) in [5.74, 6) is 1.51. The number of hydrogen-bond acceptors (Lipinski definition) is 4. The highest BCUT2D eigenvalue weighted by Crippen LogP contribution is 2.32. The van der Waals surface area contributed by atoms with E-state index in [1.807, 2.05) is 13.8 Å². The zero-order valence-electron chi connectivity index (χ0n) is 11.7. The van der Waals surface area contributed by atoms with E-state index in [-0.39, 0.29) is 12.1 Å². The Morgan fingerprint density at radius 1 is 1.26 bits per heavy atom. The lowest BCUT2D eigenvalue weighted by atomic mass is 9.82. The average molecular weight is 284 g/mol. The van der Waals surface area contributed by atoms with Crippen molar-refractivity contribution < 1.29 is 5.11 Å². The molecule has 106 valence electrons. The lowest BCUT2D eigenvalue weighted by Gasteiger charge is -2.37. The SMILES string of the molecule is CCc1nc(Cl)c(C)c(NC2(CO)CCCCC2)n1. The van der Waals surface area contributed by atoms with Crippen LogP contribution in [0.25, 0.3) is 0 Å². The third-order valence-corrected chi connectivity index (χ3v) is 4.31. The molecule has 4 nitrogen and oxygen atoms in total. The first kappa shape index (κ1) is 14.5. The van der Waals surface area contributed by atoms with Crippen molar-refractivity contribution in [2.75, 3.05) is 11.9 Å². The van der Waals surface area contributed by atoms with Crippen LogP contribution in [0.15, 0.2) is 0 Å². The maximum Gasteiger partial charge on any atom is 0.137 e. The number of aryl methyl sites for hydroxylation is 1. The summed E-state index contributed by atoms with van der Waals surface area (Å²) in [5.41, 5.74) is 0.614. The number of aliphatic hydroxyl groups excluding tert-OH is 1. The summed E-state index contributed by atoms with van der Waals surface area (Å²) in [6.45, 7) is 4.06. The van der Waals surface area contributed by atoms with Crippen molar-refractivity contribution in [2.24, 2.45) is 0 Å². The summed E-state index contributed by atoms with van der Waals surface area (Å²) in [6, 6.07) is 0. The topological polar surface area (TPSA) is 58.0 Å². The van der Waals surface area contributed by atoms with E-state index in [0.29, 0.717) is 5.15 Å². The fraction of sp³-hybridized carbons (Fsp3) is 0.714. The van der Waals surface area contributed by atoms with Gasteiger partial charge in [-0.1, -0.05) is 37.8 Å². The van der Waals surface area contributed by atoms with Crippen LogP contribution in [0.3, 0.4) is 0 Å². The van der Waals surface area contributed by atoms with Gasteiger partial charge in [0.15, 0.2) is 0 Å². The molecule has 1 aromatic rings. The fourth-order valence-electron chi connectivity index (χ4n) is 2.61. The van der Waals surface area contributed by atoms with Gasteiger partial charge in [-0.05, 0) is 19.8 Å². The van der Waals surface area contributed by atoms with E-state index >= 15 is 0 Å². The van der Waals surface area contributed by atoms with Crippen LogP contribution < -0.4 is 5.32 Å². The first-order valence-electron chi connectivity index (χ1n) is 7.02. The van der Waals surface area contributed by atoms with Gasteiger partial charge in [0.2, 0.25) is 0 Å². The van der Waals surface area contributed by atoms with Crippen molar-refractivity contribution in [3.63, 3.8) is 0 Å². The highest BCUT2D eigenvalue weighted by Gasteiger charge is 2.32. The highest BCUT2D eigenvalue weighted by molar-refractivity contribution is 6.30. The monoisotopic (exact) mass is 283 g/mol. The maximum atomic E-state index is 9.75. The molecule has 5 heteroatoms. The lowest BCUT2D eigenvalue weighted by Crippen LogP contribution is -2.44. The van der Waals surface area contributed by atoms with Gasteiger partial charge in [-0.25, -0.2) is 9.97 Å². The van der Waals surface area contributed by atoms with Crippen molar-refractivity contribution in [3.05, 3.63) is 16.5 Å². The molecule has 2 rings (SSSR count). The van der Waals surface area contributed by atoms with E-state index in [1.54, 1.807) is 0 Å². The van der Waals surface area contributed by atoms with Crippen LogP contribution in [0.5, 0.6) is 0 Å². The van der Waals surface area contributed by atoms with Crippen LogP contribution in [0.4, 0.5) is 5.82 Å². The minimum Gasteiger partial charge on any atom is -0.394 e. The predicted molar refractivity (Wildman–Crippen MR) is 77.7 cm³/mol. The van der Waals surface area contributed by atoms with Gasteiger partial charge in [-0.2, -0.15) is 0 Å². The second kappa shape index (κ2) is 6.06. The molecule has 1 aliphatic rings. The Kier molecular flexibility index (Phi) is 4.63. The second-order valence-electron chi connectivity index (χ2n) is 5.38. The van der Waals surface area contributed by atoms with Gasteiger partial charge in [0.05, 0.1) is 12.1 Å². The molecule has 2 N–H and O–H groups in total. The number of hydrogen-bond donors (Lipinski definition) is 2. The van der Waals surface area contributed by atoms with Crippen LogP contribution >= 0.6 is 11.6 Å². The Morgan fingerprint density at radius 2 is 1.95 bits per heavy atom. The average Bonchev–Trinajstić information content (AvgIpc) is 2.44. The Balaban J connectivity index is 2.28. The first-order chi connectivity index (χ1) is 9.10. The Morgan fingerprint density at radius 3 is 2.53 bits per heavy atom. The molecule has 19 heavy (non-hydrogen) atoms. The maximum absolute atomic E-state index is 9.75. The smallest absolute Gasteiger partial charge is 0.137 e. The summed E-state index contributed by atoms with van der Waals surface area (Å²) in [7, 11) is 0. The van der Waals surface area contributed by atoms with E-state index in [2.05, 4.69) is 15.3 Å². The molecule has 1 fully saturated rings. The molecule has 1 aromatic heterocycles. The quantitative estimate of drug-likeness (QED) is 0.834. The molecule has 0 aromatic carbocycles. The number of anilines is 1. The number of aromatic nitrogens is 2. The molecular weight excluding hydrogens is 262 g/mol. The number of aliphatic hydroxyl groups is 1. The van der Waals surface area contributed by atoms with Crippen LogP contribution in [0.2, 0.25) is 5.15 Å². The summed E-state index contributed by atoms with van der Waals surface area (Å²) in [5, 5.41) is 13.7. The molecule has 0 bridgehead atoms. The van der Waals surface area contributed by atoms with Crippen molar-refractivity contribution in [1.29, 1.82) is 0 Å². The first-order valence-corrected chi connectivity index (χ1v) is 7.40. The van der Waals surface area contributed by atoms with Gasteiger partial charge in [-0.15, -0.1) is 0 Å². The zero-order valence-corrected chi connectivity index (χ0v) is 12.4. The minimum absolute atomic E-state index is 0.134. The van der Waals surface area contributed by atoms with Gasteiger partial charge in [0.25, 0.3) is 0 Å². The van der Waals surface area contributed by atoms with Crippen LogP contribution in [-0.4, -0.2) is 27.2 Å². The zero-order chi connectivity index (χ0) is 13.9. The van der Waals surface area contributed by atoms with Gasteiger partial charge in [0, 0.05) is 12.0 Å². The van der Waals surface area contributed by atoms with E-state index in [1.165, 1.54) is 6.42 Å². The molecule has 0 saturated heterocycles. The summed E-state index contributed by atoms with van der Waals surface area (Å²) in [6.07, 6.45) is 6.24. The summed E-state index contributed by atoms with van der Waals surface area (Å²) in [4.78, 5) is 8.77. The Bertz CT molecular complexity index is 445. The van der Waals surface area contributed by atoms with Crippen LogP contribution in [-0.2, 0) is 6.42 Å². The molecule has 0 radical (unpaired) electrons. The van der Waals surface area contributed by atoms with E-state index in [9.17, 15) is 5.11 Å². The van der Waals surface area contributed by atoms with Crippen molar-refractivity contribution >= 4 is 17.4 Å². The molecule has 0 aliphatic heterocycles. The number of halogens is 1. The van der Waals surface area contributed by atoms with E-state index in [0.717, 1.165) is 49.3 Å². The minimum atomic E-state index is -0.244. The second-order valence-corrected chi connectivity index (χ2v) is 5.74. The van der Waals surface area contributed by atoms with Gasteiger partial charge >= 0.3 is 0 Å². The van der Waals surface area contributed by atoms with Crippen molar-refractivity contribution in [2.45, 2.75) is 57.9 Å². The number of nitrogens with zero attached hydrogens (tertiary/aromatic N) is 2. The van der Waals surface area contributed by atoms with Crippen LogP contribution in [0.1, 0.15) is 50.4 Å². The third kappa shape index (κ3) is 3.18. The molecule has 0 amide bonds. The third-order valence-electron chi connectivity index (χ3n) is 3.95. The Labute approximate surface area is 119 Å². The van der Waals surface area contributed by atoms with Crippen molar-refractivity contribution in [3.8, 4) is 0 Å². The number of nitrogens with one attached hydrogen (secondary N) is 1.